The van der Waals surface area contributed by atoms with E-state index in [1.54, 1.807) is 30.3 Å². The van der Waals surface area contributed by atoms with Crippen LogP contribution in [0.3, 0.4) is 0 Å². The first-order valence-electron chi connectivity index (χ1n) is 10.5. The molecule has 1 saturated carbocycles. The molecule has 2 aromatic carbocycles. The topological polar surface area (TPSA) is 80.3 Å². The van der Waals surface area contributed by atoms with Crippen LogP contribution in [0.5, 0.6) is 5.75 Å². The Morgan fingerprint density at radius 1 is 1.09 bits per heavy atom. The zero-order chi connectivity index (χ0) is 22.7. The number of aryl methyl sites for hydroxylation is 1. The van der Waals surface area contributed by atoms with Crippen LogP contribution in [0, 0.1) is 6.92 Å². The van der Waals surface area contributed by atoms with Crippen LogP contribution in [0.25, 0.3) is 10.9 Å². The van der Waals surface area contributed by atoms with E-state index in [0.29, 0.717) is 27.2 Å². The first-order chi connectivity index (χ1) is 15.4. The molecule has 0 atom stereocenters. The highest BCUT2D eigenvalue weighted by atomic mass is 35.5. The van der Waals surface area contributed by atoms with Crippen molar-refractivity contribution in [3.05, 3.63) is 63.8 Å². The molecule has 4 rings (SSSR count). The van der Waals surface area contributed by atoms with Crippen molar-refractivity contribution >= 4 is 51.6 Å². The van der Waals surface area contributed by atoms with Crippen molar-refractivity contribution in [1.29, 1.82) is 0 Å². The third-order valence-electron chi connectivity index (χ3n) is 5.46. The molecular weight excluding hydrogens is 449 g/mol. The summed E-state index contributed by atoms with van der Waals surface area (Å²) >= 11 is 12.6. The molecule has 166 valence electrons. The summed E-state index contributed by atoms with van der Waals surface area (Å²) in [5, 5.41) is 7.22. The third kappa shape index (κ3) is 4.97. The van der Waals surface area contributed by atoms with Crippen molar-refractivity contribution in [2.75, 3.05) is 11.9 Å². The van der Waals surface area contributed by atoms with Crippen LogP contribution in [0.4, 0.5) is 5.69 Å². The molecule has 0 aliphatic heterocycles. The summed E-state index contributed by atoms with van der Waals surface area (Å²) in [5.74, 6) is -0.324. The standard InChI is InChI=1S/C24H23Cl2N3O3/c1-14-10-11-16-18(25)12-19(26)23(22(16)27-14)32-13-21(30)29-20-9-5-4-8-17(20)24(31)28-15-6-2-3-7-15/h4-5,8-12,15H,2-3,6-7,13H2,1H3,(H,28,31)(H,29,30). The van der Waals surface area contributed by atoms with Gasteiger partial charge in [0.05, 0.1) is 21.3 Å². The van der Waals surface area contributed by atoms with Crippen molar-refractivity contribution in [2.45, 2.75) is 38.6 Å². The van der Waals surface area contributed by atoms with E-state index in [4.69, 9.17) is 27.9 Å². The van der Waals surface area contributed by atoms with E-state index < -0.39 is 5.91 Å². The van der Waals surface area contributed by atoms with E-state index in [2.05, 4.69) is 15.6 Å². The van der Waals surface area contributed by atoms with Crippen molar-refractivity contribution in [1.82, 2.24) is 10.3 Å². The Kier molecular flexibility index (Phi) is 6.82. The normalized spacial score (nSPS) is 13.8. The summed E-state index contributed by atoms with van der Waals surface area (Å²) in [6.45, 7) is 1.54. The molecule has 0 spiro atoms. The van der Waals surface area contributed by atoms with Gasteiger partial charge in [-0.3, -0.25) is 9.59 Å². The van der Waals surface area contributed by atoms with E-state index in [9.17, 15) is 9.59 Å². The number of halogens is 2. The van der Waals surface area contributed by atoms with Gasteiger partial charge >= 0.3 is 0 Å². The lowest BCUT2D eigenvalue weighted by Crippen LogP contribution is -2.33. The number of rotatable bonds is 6. The number of nitrogens with zero attached hydrogens (tertiary/aromatic N) is 1. The number of hydrogen-bond acceptors (Lipinski definition) is 4. The fourth-order valence-corrected chi connectivity index (χ4v) is 4.45. The minimum Gasteiger partial charge on any atom is -0.480 e. The second-order valence-corrected chi connectivity index (χ2v) is 8.67. The number of anilines is 1. The molecule has 32 heavy (non-hydrogen) atoms. The molecule has 0 unspecified atom stereocenters. The number of pyridine rings is 1. The minimum atomic E-state index is -0.419. The van der Waals surface area contributed by atoms with E-state index >= 15 is 0 Å². The van der Waals surface area contributed by atoms with E-state index in [1.807, 2.05) is 19.1 Å². The summed E-state index contributed by atoms with van der Waals surface area (Å²) in [7, 11) is 0. The fraction of sp³-hybridized carbons (Fsp3) is 0.292. The average Bonchev–Trinajstić information content (AvgIpc) is 3.26. The van der Waals surface area contributed by atoms with Gasteiger partial charge in [0, 0.05) is 17.1 Å². The third-order valence-corrected chi connectivity index (χ3v) is 6.05. The van der Waals surface area contributed by atoms with E-state index in [0.717, 1.165) is 31.4 Å². The Balaban J connectivity index is 1.47. The smallest absolute Gasteiger partial charge is 0.262 e. The minimum absolute atomic E-state index is 0.186. The van der Waals surface area contributed by atoms with Gasteiger partial charge in [-0.15, -0.1) is 0 Å². The van der Waals surface area contributed by atoms with Crippen LogP contribution in [-0.4, -0.2) is 29.4 Å². The van der Waals surface area contributed by atoms with Gasteiger partial charge in [-0.25, -0.2) is 4.98 Å². The number of carbonyl (C=O) groups is 2. The Morgan fingerprint density at radius 3 is 2.62 bits per heavy atom. The maximum absolute atomic E-state index is 12.7. The molecule has 3 aromatic rings. The molecular formula is C24H23Cl2N3O3. The highest BCUT2D eigenvalue weighted by Gasteiger charge is 2.20. The quantitative estimate of drug-likeness (QED) is 0.494. The average molecular weight is 472 g/mol. The maximum atomic E-state index is 12.7. The number of carbonyl (C=O) groups excluding carboxylic acids is 2. The molecule has 2 N–H and O–H groups in total. The molecule has 1 aromatic heterocycles. The first-order valence-corrected chi connectivity index (χ1v) is 11.3. The zero-order valence-electron chi connectivity index (χ0n) is 17.6. The Labute approximate surface area is 196 Å². The number of benzene rings is 2. The van der Waals surface area contributed by atoms with Crippen LogP contribution in [0.1, 0.15) is 41.7 Å². The largest absolute Gasteiger partial charge is 0.480 e. The number of para-hydroxylation sites is 1. The van der Waals surface area contributed by atoms with Crippen molar-refractivity contribution in [3.63, 3.8) is 0 Å². The van der Waals surface area contributed by atoms with Gasteiger partial charge in [0.15, 0.2) is 12.4 Å². The lowest BCUT2D eigenvalue weighted by Gasteiger charge is -2.15. The first kappa shape index (κ1) is 22.4. The highest BCUT2D eigenvalue weighted by Crippen LogP contribution is 2.37. The van der Waals surface area contributed by atoms with Crippen LogP contribution in [0.2, 0.25) is 10.0 Å². The van der Waals surface area contributed by atoms with Crippen LogP contribution in [-0.2, 0) is 4.79 Å². The van der Waals surface area contributed by atoms with Gasteiger partial charge in [0.1, 0.15) is 5.52 Å². The van der Waals surface area contributed by atoms with Gasteiger partial charge in [-0.2, -0.15) is 0 Å². The van der Waals surface area contributed by atoms with Crippen molar-refractivity contribution in [3.8, 4) is 5.75 Å². The Bertz CT molecular complexity index is 1180. The monoisotopic (exact) mass is 471 g/mol. The molecule has 2 amide bonds. The predicted octanol–water partition coefficient (Wildman–Crippen LogP) is 5.54. The molecule has 1 fully saturated rings. The SMILES string of the molecule is Cc1ccc2c(Cl)cc(Cl)c(OCC(=O)Nc3ccccc3C(=O)NC3CCCC3)c2n1. The molecule has 6 nitrogen and oxygen atoms in total. The molecule has 1 aliphatic carbocycles. The predicted molar refractivity (Wildman–Crippen MR) is 127 cm³/mol. The van der Waals surface area contributed by atoms with Gasteiger partial charge < -0.3 is 15.4 Å². The Hall–Kier alpha value is -2.83. The molecule has 0 radical (unpaired) electrons. The second-order valence-electron chi connectivity index (χ2n) is 7.86. The number of amides is 2. The highest BCUT2D eigenvalue weighted by molar-refractivity contribution is 6.39. The van der Waals surface area contributed by atoms with Crippen molar-refractivity contribution in [2.24, 2.45) is 0 Å². The van der Waals surface area contributed by atoms with Gasteiger partial charge in [-0.1, -0.05) is 48.2 Å². The lowest BCUT2D eigenvalue weighted by molar-refractivity contribution is -0.118. The van der Waals surface area contributed by atoms with Crippen molar-refractivity contribution < 1.29 is 14.3 Å². The summed E-state index contributed by atoms with van der Waals surface area (Å²) in [6.07, 6.45) is 4.21. The van der Waals surface area contributed by atoms with E-state index in [1.165, 1.54) is 0 Å². The second kappa shape index (κ2) is 9.76. The lowest BCUT2D eigenvalue weighted by atomic mass is 10.1. The van der Waals surface area contributed by atoms with Gasteiger partial charge in [-0.05, 0) is 50.1 Å². The molecule has 0 bridgehead atoms. The summed E-state index contributed by atoms with van der Waals surface area (Å²) < 4.78 is 5.74. The van der Waals surface area contributed by atoms with Crippen LogP contribution < -0.4 is 15.4 Å². The van der Waals surface area contributed by atoms with Crippen LogP contribution >= 0.6 is 23.2 Å². The number of aromatic nitrogens is 1. The summed E-state index contributed by atoms with van der Waals surface area (Å²) in [6, 6.07) is 12.3. The van der Waals surface area contributed by atoms with E-state index in [-0.39, 0.29) is 29.3 Å². The number of ether oxygens (including phenoxy) is 1. The summed E-state index contributed by atoms with van der Waals surface area (Å²) in [5.41, 5.74) is 2.11. The number of fused-ring (bicyclic) bond motifs is 1. The number of nitrogens with one attached hydrogen (secondary N) is 2. The van der Waals surface area contributed by atoms with Gasteiger partial charge in [0.25, 0.3) is 11.8 Å². The van der Waals surface area contributed by atoms with Gasteiger partial charge in [0.2, 0.25) is 0 Å². The fourth-order valence-electron chi connectivity index (χ4n) is 3.87. The molecule has 8 heteroatoms. The zero-order valence-corrected chi connectivity index (χ0v) is 19.1. The number of hydrogen-bond donors (Lipinski definition) is 2. The summed E-state index contributed by atoms with van der Waals surface area (Å²) in [4.78, 5) is 29.8. The molecule has 1 aliphatic rings. The molecule has 0 saturated heterocycles. The Morgan fingerprint density at radius 2 is 1.84 bits per heavy atom. The maximum Gasteiger partial charge on any atom is 0.262 e. The van der Waals surface area contributed by atoms with Crippen LogP contribution in [0.15, 0.2) is 42.5 Å². The molecule has 1 heterocycles.